The van der Waals surface area contributed by atoms with Crippen molar-refractivity contribution in [3.05, 3.63) is 78.4 Å². The fourth-order valence-electron chi connectivity index (χ4n) is 5.26. The Hall–Kier alpha value is -4.40. The maximum Gasteiger partial charge on any atom is 0.407 e. The van der Waals surface area contributed by atoms with E-state index in [-0.39, 0.29) is 19.6 Å². The van der Waals surface area contributed by atoms with Crippen molar-refractivity contribution in [3.8, 4) is 11.1 Å². The molecule has 9 heteroatoms. The minimum atomic E-state index is -0.951. The van der Waals surface area contributed by atoms with E-state index in [4.69, 9.17) is 14.3 Å². The molecule has 2 aromatic carbocycles. The van der Waals surface area contributed by atoms with E-state index >= 15 is 0 Å². The number of amides is 2. The van der Waals surface area contributed by atoms with E-state index < -0.39 is 41.6 Å². The summed E-state index contributed by atoms with van der Waals surface area (Å²) >= 11 is 0. The highest BCUT2D eigenvalue weighted by molar-refractivity contribution is 6.24. The molecule has 0 radical (unpaired) electrons. The van der Waals surface area contributed by atoms with Gasteiger partial charge in [-0.25, -0.2) is 9.59 Å². The summed E-state index contributed by atoms with van der Waals surface area (Å²) in [7, 11) is 1.28. The highest BCUT2D eigenvalue weighted by Crippen LogP contribution is 2.38. The van der Waals surface area contributed by atoms with Gasteiger partial charge in [-0.2, -0.15) is 0 Å². The van der Waals surface area contributed by atoms with Crippen molar-refractivity contribution in [2.45, 2.75) is 58.2 Å². The summed E-state index contributed by atoms with van der Waals surface area (Å²) in [5, 5.41) is 7.27. The molecule has 0 aromatic heterocycles. The lowest BCUT2D eigenvalue weighted by atomic mass is 9.85. The summed E-state index contributed by atoms with van der Waals surface area (Å²) in [6.45, 7) is 13.3. The number of nitrogens with one attached hydrogen (secondary N) is 1. The van der Waals surface area contributed by atoms with Crippen molar-refractivity contribution >= 4 is 29.8 Å². The number of methoxy groups -OCH3 is 1. The van der Waals surface area contributed by atoms with E-state index in [9.17, 15) is 14.4 Å². The molecule has 1 saturated heterocycles. The second kappa shape index (κ2) is 13.1. The second-order valence-corrected chi connectivity index (χ2v) is 11.5. The van der Waals surface area contributed by atoms with E-state index in [0.29, 0.717) is 18.6 Å². The zero-order chi connectivity index (χ0) is 30.4. The van der Waals surface area contributed by atoms with E-state index in [0.717, 1.165) is 27.8 Å². The molecule has 0 unspecified atom stereocenters. The van der Waals surface area contributed by atoms with Crippen LogP contribution in [0.2, 0.25) is 0 Å². The van der Waals surface area contributed by atoms with Crippen LogP contribution < -0.4 is 5.32 Å². The van der Waals surface area contributed by atoms with Crippen LogP contribution in [0.25, 0.3) is 17.2 Å². The highest BCUT2D eigenvalue weighted by Gasteiger charge is 2.46. The molecule has 3 atom stereocenters. The summed E-state index contributed by atoms with van der Waals surface area (Å²) in [5.74, 6) is -0.985. The van der Waals surface area contributed by atoms with Crippen LogP contribution in [0.15, 0.2) is 66.9 Å². The molecule has 1 N–H and O–H groups in total. The number of benzene rings is 2. The maximum absolute atomic E-state index is 13.9. The largest absolute Gasteiger partial charge is 0.467 e. The number of fused-ring (bicyclic) bond motifs is 3. The number of carbonyl (C=O) groups excluding carboxylic acids is 3. The lowest BCUT2D eigenvalue weighted by Gasteiger charge is -2.34. The topological polar surface area (TPSA) is 107 Å². The van der Waals surface area contributed by atoms with E-state index in [2.05, 4.69) is 23.6 Å². The van der Waals surface area contributed by atoms with Crippen LogP contribution >= 0.6 is 0 Å². The first-order chi connectivity index (χ1) is 20.1. The van der Waals surface area contributed by atoms with Gasteiger partial charge in [-0.1, -0.05) is 81.1 Å². The summed E-state index contributed by atoms with van der Waals surface area (Å²) < 4.78 is 10.3. The van der Waals surface area contributed by atoms with Gasteiger partial charge < -0.3 is 24.5 Å². The number of oxime groups is 1. The van der Waals surface area contributed by atoms with Gasteiger partial charge in [-0.05, 0) is 41.0 Å². The minimum Gasteiger partial charge on any atom is -0.467 e. The van der Waals surface area contributed by atoms with Crippen LogP contribution in [0, 0.1) is 5.41 Å². The third-order valence-electron chi connectivity index (χ3n) is 7.48. The second-order valence-electron chi connectivity index (χ2n) is 11.5. The van der Waals surface area contributed by atoms with E-state index in [1.54, 1.807) is 12.2 Å². The van der Waals surface area contributed by atoms with Crippen LogP contribution in [0.5, 0.6) is 0 Å². The summed E-state index contributed by atoms with van der Waals surface area (Å²) in [6.07, 6.45) is 3.79. The summed E-state index contributed by atoms with van der Waals surface area (Å²) in [6, 6.07) is 12.2. The molecule has 0 saturated carbocycles. The molecule has 222 valence electrons. The molecule has 1 aliphatic carbocycles. The Morgan fingerprint density at radius 2 is 1.81 bits per heavy atom. The van der Waals surface area contributed by atoms with Gasteiger partial charge in [0.15, 0.2) is 0 Å². The van der Waals surface area contributed by atoms with Crippen LogP contribution in [0.3, 0.4) is 0 Å². The van der Waals surface area contributed by atoms with Gasteiger partial charge in [0.25, 0.3) is 0 Å². The van der Waals surface area contributed by atoms with Gasteiger partial charge in [0.05, 0.1) is 20.3 Å². The summed E-state index contributed by atoms with van der Waals surface area (Å²) in [5.41, 5.74) is 4.92. The standard InChI is InChI=1S/C33H39N3O6/c1-7-9-12-17-41-32(39)34-29(33(3,4)5)30(37)36-20-22(19-27(36)31(38)40-6)42-35-28-25-14-11-10-13-23(25)24-16-15-21(8-2)18-26(24)28/h7-8,10-11,13-16,18,22,27,29H,1-2,9,12,17,19-20H2,3-6H3,(H,34,39)/t22-,27+,29-/m1/s1. The van der Waals surface area contributed by atoms with E-state index in [1.807, 2.05) is 63.2 Å². The molecule has 2 aromatic rings. The monoisotopic (exact) mass is 573 g/mol. The Morgan fingerprint density at radius 3 is 2.48 bits per heavy atom. The zero-order valence-corrected chi connectivity index (χ0v) is 24.7. The van der Waals surface area contributed by atoms with Gasteiger partial charge in [0, 0.05) is 17.5 Å². The lowest BCUT2D eigenvalue weighted by Crippen LogP contribution is -2.57. The molecule has 2 amide bonds. The normalized spacial score (nSPS) is 19.0. The van der Waals surface area contributed by atoms with Crippen LogP contribution in [0.1, 0.15) is 56.7 Å². The predicted octanol–water partition coefficient (Wildman–Crippen LogP) is 5.33. The van der Waals surface area contributed by atoms with Gasteiger partial charge in [-0.15, -0.1) is 6.58 Å². The van der Waals surface area contributed by atoms with Gasteiger partial charge in [0.2, 0.25) is 5.91 Å². The fourth-order valence-corrected chi connectivity index (χ4v) is 5.26. The Labute approximate surface area is 247 Å². The molecule has 42 heavy (non-hydrogen) atoms. The Bertz CT molecular complexity index is 1390. The summed E-state index contributed by atoms with van der Waals surface area (Å²) in [4.78, 5) is 46.7. The third kappa shape index (κ3) is 6.56. The molecule has 4 rings (SSSR count). The van der Waals surface area contributed by atoms with Crippen LogP contribution in [-0.4, -0.2) is 67.0 Å². The number of hydrogen-bond acceptors (Lipinski definition) is 7. The number of alkyl carbamates (subject to hydrolysis) is 1. The average Bonchev–Trinajstić information content (AvgIpc) is 3.54. The lowest BCUT2D eigenvalue weighted by molar-refractivity contribution is -0.152. The van der Waals surface area contributed by atoms with Crippen molar-refractivity contribution in [2.75, 3.05) is 20.3 Å². The molecular formula is C33H39N3O6. The molecule has 9 nitrogen and oxygen atoms in total. The number of allylic oxidation sites excluding steroid dienone is 1. The van der Waals surface area contributed by atoms with Gasteiger partial charge in [-0.3, -0.25) is 4.79 Å². The van der Waals surface area contributed by atoms with Crippen molar-refractivity contribution in [1.82, 2.24) is 10.2 Å². The molecule has 1 aliphatic heterocycles. The number of hydrogen-bond donors (Lipinski definition) is 1. The fraction of sp³-hybridized carbons (Fsp3) is 0.394. The SMILES string of the molecule is C=CCCCOC(=O)N[C@H](C(=O)N1C[C@H](ON=C2c3ccccc3-c3ccc(C=C)cc32)C[C@H]1C(=O)OC)C(C)(C)C. The van der Waals surface area contributed by atoms with Gasteiger partial charge >= 0.3 is 12.1 Å². The Kier molecular flexibility index (Phi) is 9.50. The smallest absolute Gasteiger partial charge is 0.407 e. The molecule has 1 heterocycles. The Morgan fingerprint density at radius 1 is 1.10 bits per heavy atom. The van der Waals surface area contributed by atoms with Crippen molar-refractivity contribution < 1.29 is 28.7 Å². The van der Waals surface area contributed by atoms with Crippen LogP contribution in [-0.2, 0) is 23.9 Å². The minimum absolute atomic E-state index is 0.0965. The predicted molar refractivity (Wildman–Crippen MR) is 162 cm³/mol. The zero-order valence-electron chi connectivity index (χ0n) is 24.7. The first kappa shape index (κ1) is 30.6. The van der Waals surface area contributed by atoms with Crippen molar-refractivity contribution in [1.29, 1.82) is 0 Å². The molecular weight excluding hydrogens is 534 g/mol. The average molecular weight is 574 g/mol. The molecule has 0 bridgehead atoms. The third-order valence-corrected chi connectivity index (χ3v) is 7.48. The number of likely N-dealkylation sites (tertiary alicyclic amines) is 1. The first-order valence-electron chi connectivity index (χ1n) is 14.1. The van der Waals surface area contributed by atoms with Gasteiger partial charge in [0.1, 0.15) is 23.9 Å². The first-order valence-corrected chi connectivity index (χ1v) is 14.1. The van der Waals surface area contributed by atoms with E-state index in [1.165, 1.54) is 12.0 Å². The quantitative estimate of drug-likeness (QED) is 0.152. The maximum atomic E-state index is 13.9. The van der Waals surface area contributed by atoms with Crippen molar-refractivity contribution in [2.24, 2.45) is 10.6 Å². The number of rotatable bonds is 10. The van der Waals surface area contributed by atoms with Crippen molar-refractivity contribution in [3.63, 3.8) is 0 Å². The number of unbranched alkanes of at least 4 members (excludes halogenated alkanes) is 1. The Balaban J connectivity index is 1.56. The molecule has 2 aliphatic rings. The molecule has 0 spiro atoms. The molecule has 1 fully saturated rings. The number of carbonyl (C=O) groups is 3. The highest BCUT2D eigenvalue weighted by atomic mass is 16.6. The number of nitrogens with zero attached hydrogens (tertiary/aromatic N) is 2. The number of esters is 1. The number of ether oxygens (including phenoxy) is 2. The van der Waals surface area contributed by atoms with Crippen LogP contribution in [0.4, 0.5) is 4.79 Å².